The summed E-state index contributed by atoms with van der Waals surface area (Å²) in [6, 6.07) is 8.40. The highest BCUT2D eigenvalue weighted by Crippen LogP contribution is 2.30. The van der Waals surface area contributed by atoms with Crippen molar-refractivity contribution in [2.24, 2.45) is 0 Å². The van der Waals surface area contributed by atoms with Crippen LogP contribution < -0.4 is 5.32 Å². The summed E-state index contributed by atoms with van der Waals surface area (Å²) in [5.41, 5.74) is 4.01. The predicted octanol–water partition coefficient (Wildman–Crippen LogP) is 3.51. The van der Waals surface area contributed by atoms with Gasteiger partial charge in [0.25, 0.3) is 0 Å². The summed E-state index contributed by atoms with van der Waals surface area (Å²) in [7, 11) is 1.93. The van der Waals surface area contributed by atoms with Crippen LogP contribution in [0.15, 0.2) is 40.4 Å². The molecule has 4 heteroatoms. The van der Waals surface area contributed by atoms with E-state index < -0.39 is 0 Å². The van der Waals surface area contributed by atoms with E-state index in [9.17, 15) is 0 Å². The third kappa shape index (κ3) is 1.94. The summed E-state index contributed by atoms with van der Waals surface area (Å²) in [5.74, 6) is 0.933. The molecule has 3 aromatic rings. The maximum absolute atomic E-state index is 5.92. The van der Waals surface area contributed by atoms with Crippen LogP contribution in [0.2, 0.25) is 0 Å². The molecule has 0 aliphatic carbocycles. The molecule has 1 N–H and O–H groups in total. The molecule has 0 aliphatic heterocycles. The molecule has 1 unspecified atom stereocenters. The Kier molecular flexibility index (Phi) is 2.89. The molecular weight excluding hydrogens is 244 g/mol. The number of benzene rings is 1. The Morgan fingerprint density at radius 1 is 1.33 bits per heavy atom. The summed E-state index contributed by atoms with van der Waals surface area (Å²) < 4.78 is 5.92. The van der Waals surface area contributed by atoms with E-state index in [1.807, 2.05) is 24.8 Å². The minimum absolute atomic E-state index is 0.0743. The Morgan fingerprint density at radius 3 is 2.94 bits per heavy atom. The van der Waals surface area contributed by atoms with E-state index in [0.29, 0.717) is 0 Å². The molecule has 0 bridgehead atoms. The molecule has 3 nitrogen and oxygen atoms in total. The second-order valence-electron chi connectivity index (χ2n) is 4.32. The Balaban J connectivity index is 2.07. The minimum atomic E-state index is 0.0743. The van der Waals surface area contributed by atoms with Gasteiger partial charge in [-0.2, -0.15) is 0 Å². The maximum Gasteiger partial charge on any atom is 0.134 e. The smallest absolute Gasteiger partial charge is 0.134 e. The van der Waals surface area contributed by atoms with E-state index in [1.54, 1.807) is 11.3 Å². The highest BCUT2D eigenvalue weighted by Gasteiger charge is 2.18. The lowest BCUT2D eigenvalue weighted by Crippen LogP contribution is -2.15. The fraction of sp³-hybridized carbons (Fsp3) is 0.214. The van der Waals surface area contributed by atoms with Gasteiger partial charge >= 0.3 is 0 Å². The zero-order chi connectivity index (χ0) is 12.5. The summed E-state index contributed by atoms with van der Waals surface area (Å²) in [6.07, 6.45) is 1.88. The van der Waals surface area contributed by atoms with Crippen molar-refractivity contribution in [1.82, 2.24) is 10.3 Å². The first kappa shape index (κ1) is 11.4. The fourth-order valence-corrected chi connectivity index (χ4v) is 2.85. The summed E-state index contributed by atoms with van der Waals surface area (Å²) in [4.78, 5) is 5.28. The number of rotatable bonds is 3. The quantitative estimate of drug-likeness (QED) is 0.781. The van der Waals surface area contributed by atoms with Crippen molar-refractivity contribution in [1.29, 1.82) is 0 Å². The highest BCUT2D eigenvalue weighted by molar-refractivity contribution is 7.09. The molecule has 0 amide bonds. The van der Waals surface area contributed by atoms with Gasteiger partial charge in [0.1, 0.15) is 17.4 Å². The van der Waals surface area contributed by atoms with Crippen molar-refractivity contribution in [3.05, 3.63) is 52.2 Å². The molecule has 0 saturated carbocycles. The lowest BCUT2D eigenvalue weighted by molar-refractivity contribution is 0.495. The zero-order valence-corrected chi connectivity index (χ0v) is 11.1. The van der Waals surface area contributed by atoms with Gasteiger partial charge < -0.3 is 9.73 Å². The zero-order valence-electron chi connectivity index (χ0n) is 10.3. The van der Waals surface area contributed by atoms with Gasteiger partial charge in [0, 0.05) is 16.5 Å². The highest BCUT2D eigenvalue weighted by atomic mass is 32.1. The van der Waals surface area contributed by atoms with Crippen LogP contribution in [-0.4, -0.2) is 12.0 Å². The summed E-state index contributed by atoms with van der Waals surface area (Å²) in [5, 5.41) is 4.42. The van der Waals surface area contributed by atoms with Crippen molar-refractivity contribution < 1.29 is 4.42 Å². The van der Waals surface area contributed by atoms with Gasteiger partial charge in [-0.25, -0.2) is 0 Å². The van der Waals surface area contributed by atoms with E-state index in [4.69, 9.17) is 4.42 Å². The predicted molar refractivity (Wildman–Crippen MR) is 74.0 cm³/mol. The number of aromatic nitrogens is 1. The van der Waals surface area contributed by atoms with E-state index in [1.165, 1.54) is 5.56 Å². The molecule has 0 saturated heterocycles. The number of hydrogen-bond donors (Lipinski definition) is 1. The molecule has 0 fully saturated rings. The average molecular weight is 258 g/mol. The topological polar surface area (TPSA) is 38.1 Å². The first-order valence-corrected chi connectivity index (χ1v) is 6.71. The Bertz CT molecular complexity index is 658. The summed E-state index contributed by atoms with van der Waals surface area (Å²) in [6.45, 7) is 2.09. The largest absolute Gasteiger partial charge is 0.459 e. The Labute approximate surface area is 109 Å². The third-order valence-corrected chi connectivity index (χ3v) is 3.84. The Morgan fingerprint density at radius 2 is 2.22 bits per heavy atom. The molecule has 1 atom stereocenters. The SMILES string of the molecule is CNC(c1cc2cc(C)ccc2o1)c1cncs1. The van der Waals surface area contributed by atoms with Crippen LogP contribution in [0.3, 0.4) is 0 Å². The van der Waals surface area contributed by atoms with Gasteiger partial charge in [-0.3, -0.25) is 4.98 Å². The second-order valence-corrected chi connectivity index (χ2v) is 5.23. The van der Waals surface area contributed by atoms with Gasteiger partial charge in [-0.1, -0.05) is 11.6 Å². The number of furan rings is 1. The molecule has 92 valence electrons. The maximum atomic E-state index is 5.92. The Hall–Kier alpha value is -1.65. The van der Waals surface area contributed by atoms with Crippen molar-refractivity contribution in [2.75, 3.05) is 7.05 Å². The molecule has 0 spiro atoms. The number of thiazole rings is 1. The molecule has 18 heavy (non-hydrogen) atoms. The van der Waals surface area contributed by atoms with Crippen LogP contribution in [0.4, 0.5) is 0 Å². The van der Waals surface area contributed by atoms with E-state index in [2.05, 4.69) is 35.4 Å². The molecule has 1 aromatic carbocycles. The number of aryl methyl sites for hydroxylation is 1. The lowest BCUT2D eigenvalue weighted by atomic mass is 10.1. The second kappa shape index (κ2) is 4.55. The van der Waals surface area contributed by atoms with E-state index in [-0.39, 0.29) is 6.04 Å². The molecule has 3 rings (SSSR count). The molecule has 0 radical (unpaired) electrons. The van der Waals surface area contributed by atoms with Crippen molar-refractivity contribution >= 4 is 22.3 Å². The van der Waals surface area contributed by atoms with Gasteiger partial charge in [0.05, 0.1) is 5.51 Å². The first-order valence-electron chi connectivity index (χ1n) is 5.83. The van der Waals surface area contributed by atoms with Gasteiger partial charge in [-0.05, 0) is 32.2 Å². The van der Waals surface area contributed by atoms with Gasteiger partial charge in [0.15, 0.2) is 0 Å². The van der Waals surface area contributed by atoms with Crippen LogP contribution in [0.25, 0.3) is 11.0 Å². The van der Waals surface area contributed by atoms with Crippen LogP contribution in [0.1, 0.15) is 22.2 Å². The molecular formula is C14H14N2OS. The lowest BCUT2D eigenvalue weighted by Gasteiger charge is -2.10. The average Bonchev–Trinajstić information content (AvgIpc) is 2.98. The molecule has 2 heterocycles. The first-order chi connectivity index (χ1) is 8.78. The minimum Gasteiger partial charge on any atom is -0.459 e. The number of fused-ring (bicyclic) bond motifs is 1. The van der Waals surface area contributed by atoms with Gasteiger partial charge in [0.2, 0.25) is 0 Å². The number of nitrogens with zero attached hydrogens (tertiary/aromatic N) is 1. The van der Waals surface area contributed by atoms with E-state index in [0.717, 1.165) is 21.6 Å². The standard InChI is InChI=1S/C14H14N2OS/c1-9-3-4-11-10(5-9)6-12(17-11)14(15-2)13-7-16-8-18-13/h3-8,14-15H,1-2H3. The number of hydrogen-bond acceptors (Lipinski definition) is 4. The van der Waals surface area contributed by atoms with Crippen LogP contribution in [0.5, 0.6) is 0 Å². The third-order valence-electron chi connectivity index (χ3n) is 3.00. The van der Waals surface area contributed by atoms with Crippen molar-refractivity contribution in [3.8, 4) is 0 Å². The monoisotopic (exact) mass is 258 g/mol. The number of nitrogens with one attached hydrogen (secondary N) is 1. The van der Waals surface area contributed by atoms with Gasteiger partial charge in [-0.15, -0.1) is 11.3 Å². The van der Waals surface area contributed by atoms with E-state index >= 15 is 0 Å². The molecule has 2 aromatic heterocycles. The van der Waals surface area contributed by atoms with Crippen LogP contribution >= 0.6 is 11.3 Å². The van der Waals surface area contributed by atoms with Crippen molar-refractivity contribution in [3.63, 3.8) is 0 Å². The van der Waals surface area contributed by atoms with Crippen LogP contribution in [-0.2, 0) is 0 Å². The molecule has 0 aliphatic rings. The van der Waals surface area contributed by atoms with Crippen LogP contribution in [0, 0.1) is 6.92 Å². The summed E-state index contributed by atoms with van der Waals surface area (Å²) >= 11 is 1.63. The normalized spacial score (nSPS) is 13.0. The van der Waals surface area contributed by atoms with Crippen molar-refractivity contribution in [2.45, 2.75) is 13.0 Å². The fourth-order valence-electron chi connectivity index (χ4n) is 2.12.